The number of hydrazine groups is 1. The van der Waals surface area contributed by atoms with Gasteiger partial charge >= 0.3 is 0 Å². The number of hydrogen-bond acceptors (Lipinski definition) is 4. The van der Waals surface area contributed by atoms with E-state index in [9.17, 15) is 31.5 Å². The van der Waals surface area contributed by atoms with Crippen molar-refractivity contribution in [3.8, 4) is 0 Å². The lowest BCUT2D eigenvalue weighted by molar-refractivity contribution is -0.121. The molecule has 2 aromatic carbocycles. The van der Waals surface area contributed by atoms with Crippen LogP contribution in [0.1, 0.15) is 6.42 Å². The van der Waals surface area contributed by atoms with Crippen LogP contribution in [0.3, 0.4) is 0 Å². The van der Waals surface area contributed by atoms with Gasteiger partial charge in [-0.05, 0) is 24.3 Å². The first kappa shape index (κ1) is 19.1. The van der Waals surface area contributed by atoms with Crippen molar-refractivity contribution in [2.24, 2.45) is 0 Å². The Morgan fingerprint density at radius 3 is 1.96 bits per heavy atom. The number of amides is 2. The first-order chi connectivity index (χ1) is 12.7. The van der Waals surface area contributed by atoms with Gasteiger partial charge in [0, 0.05) is 5.02 Å². The fourth-order valence-electron chi connectivity index (χ4n) is 2.48. The van der Waals surface area contributed by atoms with Crippen molar-refractivity contribution >= 4 is 34.8 Å². The van der Waals surface area contributed by atoms with E-state index >= 15 is 0 Å². The molecule has 5 nitrogen and oxygen atoms in total. The van der Waals surface area contributed by atoms with Crippen molar-refractivity contribution in [1.82, 2.24) is 5.43 Å². The van der Waals surface area contributed by atoms with Crippen LogP contribution in [0.4, 0.5) is 33.3 Å². The number of rotatable bonds is 4. The zero-order valence-corrected chi connectivity index (χ0v) is 13.9. The van der Waals surface area contributed by atoms with Gasteiger partial charge in [0.05, 0.1) is 12.1 Å². The first-order valence-corrected chi connectivity index (χ1v) is 7.75. The standard InChI is InChI=1S/C16H9ClF5N3O2/c17-6-1-3-7(4-2-6)25-9(26)5-8(16(25)27)23-24-15-13(21)11(19)10(18)12(20)14(15)22/h1-4,8,23-24H,5H2. The SMILES string of the molecule is O=C1CC(NNc2c(F)c(F)c(F)c(F)c2F)C(=O)N1c1ccc(Cl)cc1. The number of carbonyl (C=O) groups is 2. The number of benzene rings is 2. The minimum Gasteiger partial charge on any atom is -0.315 e. The number of hydrogen-bond donors (Lipinski definition) is 2. The van der Waals surface area contributed by atoms with E-state index in [1.807, 2.05) is 0 Å². The summed E-state index contributed by atoms with van der Waals surface area (Å²) in [5.74, 6) is -12.2. The maximum Gasteiger partial charge on any atom is 0.253 e. The van der Waals surface area contributed by atoms with Crippen LogP contribution in [-0.4, -0.2) is 17.9 Å². The molecule has 0 radical (unpaired) electrons. The highest BCUT2D eigenvalue weighted by molar-refractivity contribution is 6.30. The van der Waals surface area contributed by atoms with E-state index in [1.54, 1.807) is 5.43 Å². The molecule has 1 fully saturated rings. The number of anilines is 2. The van der Waals surface area contributed by atoms with Gasteiger partial charge < -0.3 is 5.43 Å². The van der Waals surface area contributed by atoms with Gasteiger partial charge in [-0.3, -0.25) is 9.59 Å². The third-order valence-electron chi connectivity index (χ3n) is 3.81. The second-order valence-corrected chi connectivity index (χ2v) is 5.95. The lowest BCUT2D eigenvalue weighted by Gasteiger charge is -2.17. The lowest BCUT2D eigenvalue weighted by Crippen LogP contribution is -2.42. The molecule has 1 atom stereocenters. The summed E-state index contributed by atoms with van der Waals surface area (Å²) in [6.45, 7) is 0. The van der Waals surface area contributed by atoms with Crippen LogP contribution in [-0.2, 0) is 9.59 Å². The second-order valence-electron chi connectivity index (χ2n) is 5.51. The van der Waals surface area contributed by atoms with Crippen molar-refractivity contribution < 1.29 is 31.5 Å². The number of halogens is 6. The monoisotopic (exact) mass is 405 g/mol. The normalized spacial score (nSPS) is 17.0. The highest BCUT2D eigenvalue weighted by Gasteiger charge is 2.40. The summed E-state index contributed by atoms with van der Waals surface area (Å²) >= 11 is 5.73. The number of carbonyl (C=O) groups excluding carboxylic acids is 2. The van der Waals surface area contributed by atoms with Gasteiger partial charge in [-0.25, -0.2) is 32.3 Å². The molecule has 2 aromatic rings. The molecule has 2 amide bonds. The highest BCUT2D eigenvalue weighted by Crippen LogP contribution is 2.28. The molecule has 0 aromatic heterocycles. The maximum atomic E-state index is 13.6. The molecule has 0 bridgehead atoms. The van der Waals surface area contributed by atoms with E-state index in [0.29, 0.717) is 5.02 Å². The van der Waals surface area contributed by atoms with Crippen molar-refractivity contribution in [3.05, 3.63) is 58.4 Å². The molecule has 3 rings (SSSR count). The van der Waals surface area contributed by atoms with Gasteiger partial charge in [0.1, 0.15) is 11.7 Å². The Morgan fingerprint density at radius 2 is 1.41 bits per heavy atom. The highest BCUT2D eigenvalue weighted by atomic mass is 35.5. The molecule has 11 heteroatoms. The Kier molecular flexibility index (Phi) is 5.03. The first-order valence-electron chi connectivity index (χ1n) is 7.37. The summed E-state index contributed by atoms with van der Waals surface area (Å²) in [6, 6.07) is 4.44. The Balaban J connectivity index is 1.79. The zero-order chi connectivity index (χ0) is 19.9. The summed E-state index contributed by atoms with van der Waals surface area (Å²) in [4.78, 5) is 25.2. The van der Waals surface area contributed by atoms with E-state index in [2.05, 4.69) is 5.43 Å². The van der Waals surface area contributed by atoms with E-state index in [0.717, 1.165) is 4.90 Å². The molecule has 27 heavy (non-hydrogen) atoms. The topological polar surface area (TPSA) is 61.4 Å². The van der Waals surface area contributed by atoms with Gasteiger partial charge in [0.15, 0.2) is 23.3 Å². The van der Waals surface area contributed by atoms with E-state index in [4.69, 9.17) is 11.6 Å². The Morgan fingerprint density at radius 1 is 0.889 bits per heavy atom. The van der Waals surface area contributed by atoms with Crippen LogP contribution in [0.2, 0.25) is 5.02 Å². The van der Waals surface area contributed by atoms with Crippen LogP contribution in [0.15, 0.2) is 24.3 Å². The van der Waals surface area contributed by atoms with Crippen LogP contribution >= 0.6 is 11.6 Å². The summed E-state index contributed by atoms with van der Waals surface area (Å²) in [5.41, 5.74) is 2.77. The van der Waals surface area contributed by atoms with E-state index in [1.165, 1.54) is 24.3 Å². The van der Waals surface area contributed by atoms with Crippen LogP contribution in [0.5, 0.6) is 0 Å². The van der Waals surface area contributed by atoms with Gasteiger partial charge in [-0.1, -0.05) is 11.6 Å². The second kappa shape index (κ2) is 7.12. The van der Waals surface area contributed by atoms with Gasteiger partial charge in [-0.2, -0.15) is 0 Å². The number of imide groups is 1. The summed E-state index contributed by atoms with van der Waals surface area (Å²) in [7, 11) is 0. The van der Waals surface area contributed by atoms with Crippen LogP contribution in [0.25, 0.3) is 0 Å². The number of nitrogens with one attached hydrogen (secondary N) is 2. The van der Waals surface area contributed by atoms with Gasteiger partial charge in [0.25, 0.3) is 5.91 Å². The smallest absolute Gasteiger partial charge is 0.253 e. The Bertz CT molecular complexity index is 910. The molecule has 2 N–H and O–H groups in total. The molecule has 1 unspecified atom stereocenters. The average Bonchev–Trinajstić information content (AvgIpc) is 2.93. The predicted octanol–water partition coefficient (Wildman–Crippen LogP) is 3.28. The largest absolute Gasteiger partial charge is 0.315 e. The molecule has 1 heterocycles. The fourth-order valence-corrected chi connectivity index (χ4v) is 2.61. The van der Waals surface area contributed by atoms with Crippen LogP contribution in [0, 0.1) is 29.1 Å². The van der Waals surface area contributed by atoms with Crippen molar-refractivity contribution in [1.29, 1.82) is 0 Å². The Labute approximate surface area is 153 Å². The van der Waals surface area contributed by atoms with E-state index < -0.39 is 59.1 Å². The summed E-state index contributed by atoms with van der Waals surface area (Å²) in [5, 5.41) is 0.375. The summed E-state index contributed by atoms with van der Waals surface area (Å²) in [6.07, 6.45) is -0.399. The fraction of sp³-hybridized carbons (Fsp3) is 0.125. The summed E-state index contributed by atoms with van der Waals surface area (Å²) < 4.78 is 66.7. The molecular weight excluding hydrogens is 397 g/mol. The Hall–Kier alpha value is -2.72. The van der Waals surface area contributed by atoms with Gasteiger partial charge in [0.2, 0.25) is 11.7 Å². The van der Waals surface area contributed by atoms with Crippen molar-refractivity contribution in [2.45, 2.75) is 12.5 Å². The molecule has 1 saturated heterocycles. The molecule has 1 aliphatic heterocycles. The average molecular weight is 406 g/mol. The third-order valence-corrected chi connectivity index (χ3v) is 4.06. The minimum atomic E-state index is -2.31. The number of nitrogens with zero attached hydrogens (tertiary/aromatic N) is 1. The molecule has 142 valence electrons. The minimum absolute atomic E-state index is 0.218. The van der Waals surface area contributed by atoms with Crippen molar-refractivity contribution in [2.75, 3.05) is 10.3 Å². The third kappa shape index (κ3) is 3.33. The molecule has 1 aliphatic rings. The lowest BCUT2D eigenvalue weighted by atomic mass is 10.2. The van der Waals surface area contributed by atoms with Crippen LogP contribution < -0.4 is 15.8 Å². The van der Waals surface area contributed by atoms with Crippen molar-refractivity contribution in [3.63, 3.8) is 0 Å². The molecule has 0 spiro atoms. The van der Waals surface area contributed by atoms with E-state index in [-0.39, 0.29) is 5.69 Å². The maximum absolute atomic E-state index is 13.6. The predicted molar refractivity (Wildman–Crippen MR) is 85.3 cm³/mol. The zero-order valence-electron chi connectivity index (χ0n) is 13.1. The molecular formula is C16H9ClF5N3O2. The molecule has 0 saturated carbocycles. The quantitative estimate of drug-likeness (QED) is 0.269. The van der Waals surface area contributed by atoms with Gasteiger partial charge in [-0.15, -0.1) is 0 Å². The molecule has 0 aliphatic carbocycles.